The van der Waals surface area contributed by atoms with Gasteiger partial charge in [-0.1, -0.05) is 0 Å². The number of fused-ring (bicyclic) bond motifs is 2. The maximum atomic E-state index is 10.9. The van der Waals surface area contributed by atoms with Crippen LogP contribution in [-0.2, 0) is 14.3 Å². The quantitative estimate of drug-likeness (QED) is 0.697. The van der Waals surface area contributed by atoms with E-state index in [9.17, 15) is 9.59 Å². The zero-order valence-corrected chi connectivity index (χ0v) is 8.85. The van der Waals surface area contributed by atoms with Crippen LogP contribution >= 0.6 is 23.2 Å². The molecule has 0 unspecified atom stereocenters. The second kappa shape index (κ2) is 3.50. The minimum Gasteiger partial charge on any atom is -0.481 e. The molecule has 0 aromatic carbocycles. The van der Waals surface area contributed by atoms with Gasteiger partial charge in [-0.3, -0.25) is 9.59 Å². The van der Waals surface area contributed by atoms with Gasteiger partial charge in [-0.2, -0.15) is 0 Å². The first-order valence-corrected chi connectivity index (χ1v) is 5.21. The second-order valence-corrected chi connectivity index (χ2v) is 4.69. The van der Waals surface area contributed by atoms with Crippen LogP contribution < -0.4 is 0 Å². The van der Waals surface area contributed by atoms with E-state index in [0.717, 1.165) is 0 Å². The van der Waals surface area contributed by atoms with E-state index in [1.165, 1.54) is 0 Å². The summed E-state index contributed by atoms with van der Waals surface area (Å²) >= 11 is 11.7. The molecule has 2 aliphatic rings. The molecule has 6 atom stereocenters. The van der Waals surface area contributed by atoms with E-state index < -0.39 is 46.7 Å². The van der Waals surface area contributed by atoms with Crippen LogP contribution in [0, 0.1) is 11.8 Å². The molecule has 84 valence electrons. The Labute approximate surface area is 94.9 Å². The molecule has 2 saturated heterocycles. The Balaban J connectivity index is 2.32. The highest BCUT2D eigenvalue weighted by Crippen LogP contribution is 2.48. The van der Waals surface area contributed by atoms with Crippen molar-refractivity contribution < 1.29 is 24.5 Å². The van der Waals surface area contributed by atoms with Crippen molar-refractivity contribution >= 4 is 35.1 Å². The van der Waals surface area contributed by atoms with E-state index in [0.29, 0.717) is 0 Å². The summed E-state index contributed by atoms with van der Waals surface area (Å²) in [5.41, 5.74) is 0. The first-order chi connectivity index (χ1) is 6.95. The Morgan fingerprint density at radius 1 is 0.933 bits per heavy atom. The average molecular weight is 255 g/mol. The average Bonchev–Trinajstić information content (AvgIpc) is 2.64. The van der Waals surface area contributed by atoms with Gasteiger partial charge < -0.3 is 14.9 Å². The highest BCUT2D eigenvalue weighted by molar-refractivity contribution is 6.31. The minimum atomic E-state index is -1.20. The molecule has 2 N–H and O–H groups in total. The van der Waals surface area contributed by atoms with Gasteiger partial charge in [0.1, 0.15) is 11.8 Å². The number of rotatable bonds is 2. The van der Waals surface area contributed by atoms with Gasteiger partial charge in [0.15, 0.2) is 0 Å². The van der Waals surface area contributed by atoms with Gasteiger partial charge >= 0.3 is 11.9 Å². The summed E-state index contributed by atoms with van der Waals surface area (Å²) in [7, 11) is 0. The highest BCUT2D eigenvalue weighted by Gasteiger charge is 2.63. The second-order valence-electron chi connectivity index (χ2n) is 3.68. The van der Waals surface area contributed by atoms with Gasteiger partial charge in [-0.15, -0.1) is 23.2 Å². The molecule has 2 bridgehead atoms. The topological polar surface area (TPSA) is 83.8 Å². The lowest BCUT2D eigenvalue weighted by Crippen LogP contribution is -2.47. The zero-order valence-electron chi connectivity index (χ0n) is 7.34. The van der Waals surface area contributed by atoms with E-state index in [-0.39, 0.29) is 0 Å². The van der Waals surface area contributed by atoms with Crippen molar-refractivity contribution in [2.75, 3.05) is 0 Å². The molecule has 0 spiro atoms. The summed E-state index contributed by atoms with van der Waals surface area (Å²) in [5.74, 6) is -4.62. The Morgan fingerprint density at radius 2 is 1.27 bits per heavy atom. The number of carboxylic acids is 2. The number of ether oxygens (including phenoxy) is 1. The van der Waals surface area contributed by atoms with Crippen molar-refractivity contribution in [1.82, 2.24) is 0 Å². The molecule has 5 nitrogen and oxygen atoms in total. The monoisotopic (exact) mass is 254 g/mol. The Bertz CT molecular complexity index is 290. The first kappa shape index (κ1) is 11.0. The molecular formula is C8H8Cl2O5. The summed E-state index contributed by atoms with van der Waals surface area (Å²) < 4.78 is 5.22. The minimum absolute atomic E-state index is 0.645. The van der Waals surface area contributed by atoms with E-state index in [1.807, 2.05) is 0 Å². The fourth-order valence-electron chi connectivity index (χ4n) is 2.26. The lowest BCUT2D eigenvalue weighted by atomic mass is 9.79. The van der Waals surface area contributed by atoms with Crippen molar-refractivity contribution in [2.24, 2.45) is 11.8 Å². The van der Waals surface area contributed by atoms with Gasteiger partial charge in [-0.05, 0) is 0 Å². The van der Waals surface area contributed by atoms with Crippen LogP contribution in [0.3, 0.4) is 0 Å². The molecule has 0 aliphatic carbocycles. The molecule has 2 rings (SSSR count). The number of halogens is 2. The van der Waals surface area contributed by atoms with Crippen LogP contribution in [-0.4, -0.2) is 45.1 Å². The molecular weight excluding hydrogens is 247 g/mol. The molecule has 2 heterocycles. The van der Waals surface area contributed by atoms with Crippen molar-refractivity contribution in [3.05, 3.63) is 0 Å². The molecule has 15 heavy (non-hydrogen) atoms. The summed E-state index contributed by atoms with van der Waals surface area (Å²) in [4.78, 5) is 21.8. The van der Waals surface area contributed by atoms with Crippen molar-refractivity contribution in [2.45, 2.75) is 23.0 Å². The van der Waals surface area contributed by atoms with E-state index in [1.54, 1.807) is 0 Å². The van der Waals surface area contributed by atoms with Gasteiger partial charge in [0, 0.05) is 0 Å². The molecule has 0 aromatic rings. The van der Waals surface area contributed by atoms with Crippen LogP contribution in [0.2, 0.25) is 0 Å². The van der Waals surface area contributed by atoms with E-state index in [2.05, 4.69) is 0 Å². The van der Waals surface area contributed by atoms with Crippen molar-refractivity contribution in [3.8, 4) is 0 Å². The van der Waals surface area contributed by atoms with Crippen molar-refractivity contribution in [3.63, 3.8) is 0 Å². The zero-order chi connectivity index (χ0) is 11.3. The van der Waals surface area contributed by atoms with Gasteiger partial charge in [0.05, 0.1) is 23.0 Å². The predicted molar refractivity (Wildman–Crippen MR) is 50.2 cm³/mol. The van der Waals surface area contributed by atoms with Crippen LogP contribution in [0.15, 0.2) is 0 Å². The number of carboxylic acid groups (broad SMARTS) is 2. The number of hydrogen-bond donors (Lipinski definition) is 2. The normalized spacial score (nSPS) is 48.1. The molecule has 0 amide bonds. The molecule has 0 aromatic heterocycles. The molecule has 0 radical (unpaired) electrons. The summed E-state index contributed by atoms with van der Waals surface area (Å²) in [6.45, 7) is 0. The third-order valence-corrected chi connectivity index (χ3v) is 4.08. The Morgan fingerprint density at radius 3 is 1.53 bits per heavy atom. The predicted octanol–water partition coefficient (Wildman–Crippen LogP) is 0.384. The largest absolute Gasteiger partial charge is 0.481 e. The van der Waals surface area contributed by atoms with Crippen LogP contribution in [0.5, 0.6) is 0 Å². The standard InChI is InChI=1S/C8H8Cl2O5/c9-3-4(10)6-2(8(13)14)1(7(11)12)5(3)15-6/h1-6H,(H,11,12)(H,13,14)/t1-,2+,3-,4-,5+,6-/m0/s1. The fraction of sp³-hybridized carbons (Fsp3) is 0.750. The molecule has 7 heteroatoms. The lowest BCUT2D eigenvalue weighted by Gasteiger charge is -2.27. The smallest absolute Gasteiger partial charge is 0.310 e. The Kier molecular flexibility index (Phi) is 2.56. The van der Waals surface area contributed by atoms with Crippen LogP contribution in [0.25, 0.3) is 0 Å². The fourth-order valence-corrected chi connectivity index (χ4v) is 2.98. The van der Waals surface area contributed by atoms with Gasteiger partial charge in [-0.25, -0.2) is 0 Å². The van der Waals surface area contributed by atoms with Gasteiger partial charge in [0.25, 0.3) is 0 Å². The van der Waals surface area contributed by atoms with E-state index >= 15 is 0 Å². The first-order valence-electron chi connectivity index (χ1n) is 4.34. The molecule has 2 fully saturated rings. The summed E-state index contributed by atoms with van der Waals surface area (Å²) in [6.07, 6.45) is -1.62. The maximum Gasteiger partial charge on any atom is 0.310 e. The number of aliphatic carboxylic acids is 2. The molecule has 2 aliphatic heterocycles. The Hall–Kier alpha value is -0.520. The van der Waals surface area contributed by atoms with Crippen LogP contribution in [0.4, 0.5) is 0 Å². The highest BCUT2D eigenvalue weighted by atomic mass is 35.5. The summed E-state index contributed by atoms with van der Waals surface area (Å²) in [5, 5.41) is 16.5. The number of carbonyl (C=O) groups is 2. The maximum absolute atomic E-state index is 10.9. The van der Waals surface area contributed by atoms with Gasteiger partial charge in [0.2, 0.25) is 0 Å². The number of alkyl halides is 2. The van der Waals surface area contributed by atoms with E-state index in [4.69, 9.17) is 38.2 Å². The number of hydrogen-bond acceptors (Lipinski definition) is 3. The summed E-state index contributed by atoms with van der Waals surface area (Å²) in [6, 6.07) is 0. The molecule has 0 saturated carbocycles. The van der Waals surface area contributed by atoms with Crippen molar-refractivity contribution in [1.29, 1.82) is 0 Å². The SMILES string of the molecule is O=C(O)[C@@H]1[C@H]2O[C@H]([C@@H](Cl)[C@@H]2Cl)[C@@H]1C(=O)O. The third kappa shape index (κ3) is 1.41. The lowest BCUT2D eigenvalue weighted by molar-refractivity contribution is -0.153. The van der Waals surface area contributed by atoms with Crippen LogP contribution in [0.1, 0.15) is 0 Å². The third-order valence-electron chi connectivity index (χ3n) is 2.91.